The molecule has 0 bridgehead atoms. The van der Waals surface area contributed by atoms with Crippen molar-refractivity contribution in [2.75, 3.05) is 29.5 Å². The number of primary amides is 1. The maximum atomic E-state index is 13.4. The van der Waals surface area contributed by atoms with E-state index in [0.717, 1.165) is 41.5 Å². The Balaban J connectivity index is 2.09. The average molecular weight is 331 g/mol. The normalized spacial score (nSPS) is 14.8. The summed E-state index contributed by atoms with van der Waals surface area (Å²) in [7, 11) is 0. The lowest BCUT2D eigenvalue weighted by Gasteiger charge is -2.28. The van der Waals surface area contributed by atoms with Gasteiger partial charge in [-0.05, 0) is 41.8 Å². The van der Waals surface area contributed by atoms with Crippen molar-refractivity contribution in [2.45, 2.75) is 6.92 Å². The summed E-state index contributed by atoms with van der Waals surface area (Å²) < 4.78 is 13.4. The van der Waals surface area contributed by atoms with Crippen molar-refractivity contribution in [1.82, 2.24) is 4.98 Å². The van der Waals surface area contributed by atoms with Crippen LogP contribution in [-0.4, -0.2) is 35.5 Å². The first-order chi connectivity index (χ1) is 11.1. The molecule has 1 aromatic carbocycles. The van der Waals surface area contributed by atoms with Crippen molar-refractivity contribution in [2.24, 2.45) is 5.73 Å². The number of hydrogen-bond acceptors (Lipinski definition) is 4. The van der Waals surface area contributed by atoms with E-state index in [1.165, 1.54) is 18.3 Å². The topological polar surface area (TPSA) is 59.2 Å². The Hall–Kier alpha value is -2.08. The molecule has 1 aromatic heterocycles. The number of amides is 1. The van der Waals surface area contributed by atoms with Crippen LogP contribution in [0.3, 0.4) is 0 Å². The van der Waals surface area contributed by atoms with Crippen LogP contribution in [0, 0.1) is 12.7 Å². The SMILES string of the molecule is Cc1cc(F)ccc1-c1cc(N2CCSCC2)ncc1C(N)=O. The second-order valence-corrected chi connectivity index (χ2v) is 6.74. The standard InChI is InChI=1S/C17H18FN3OS/c1-11-8-12(18)2-3-13(11)14-9-16(20-10-15(14)17(19)22)21-4-6-23-7-5-21/h2-3,8-10H,4-7H2,1H3,(H2,19,22). The zero-order valence-corrected chi connectivity index (χ0v) is 13.7. The number of rotatable bonds is 3. The smallest absolute Gasteiger partial charge is 0.250 e. The highest BCUT2D eigenvalue weighted by Gasteiger charge is 2.18. The fourth-order valence-corrected chi connectivity index (χ4v) is 3.66. The van der Waals surface area contributed by atoms with Gasteiger partial charge in [0, 0.05) is 30.8 Å². The summed E-state index contributed by atoms with van der Waals surface area (Å²) in [5.74, 6) is 2.12. The summed E-state index contributed by atoms with van der Waals surface area (Å²) in [5, 5.41) is 0. The van der Waals surface area contributed by atoms with Gasteiger partial charge in [-0.2, -0.15) is 11.8 Å². The fraction of sp³-hybridized carbons (Fsp3) is 0.294. The van der Waals surface area contributed by atoms with E-state index >= 15 is 0 Å². The van der Waals surface area contributed by atoms with Gasteiger partial charge in [0.05, 0.1) is 5.56 Å². The summed E-state index contributed by atoms with van der Waals surface area (Å²) in [6, 6.07) is 6.42. The number of carbonyl (C=O) groups excluding carboxylic acids is 1. The van der Waals surface area contributed by atoms with Crippen molar-refractivity contribution < 1.29 is 9.18 Å². The van der Waals surface area contributed by atoms with Crippen molar-refractivity contribution in [1.29, 1.82) is 0 Å². The van der Waals surface area contributed by atoms with Gasteiger partial charge in [-0.25, -0.2) is 9.37 Å². The number of nitrogens with zero attached hydrogens (tertiary/aromatic N) is 2. The third kappa shape index (κ3) is 3.32. The van der Waals surface area contributed by atoms with Crippen molar-refractivity contribution in [3.05, 3.63) is 47.4 Å². The predicted molar refractivity (Wildman–Crippen MR) is 92.4 cm³/mol. The van der Waals surface area contributed by atoms with Gasteiger partial charge >= 0.3 is 0 Å². The van der Waals surface area contributed by atoms with E-state index < -0.39 is 5.91 Å². The Labute approximate surface area is 138 Å². The Morgan fingerprint density at radius 3 is 2.65 bits per heavy atom. The summed E-state index contributed by atoms with van der Waals surface area (Å²) in [4.78, 5) is 18.3. The zero-order chi connectivity index (χ0) is 16.4. The molecule has 1 fully saturated rings. The molecule has 0 saturated carbocycles. The molecule has 0 atom stereocenters. The molecule has 0 aliphatic carbocycles. The summed E-state index contributed by atoms with van der Waals surface area (Å²) in [6.07, 6.45) is 1.53. The number of aromatic nitrogens is 1. The fourth-order valence-electron chi connectivity index (χ4n) is 2.76. The van der Waals surface area contributed by atoms with Gasteiger partial charge in [0.1, 0.15) is 11.6 Å². The second kappa shape index (κ2) is 6.58. The maximum Gasteiger partial charge on any atom is 0.250 e. The molecule has 0 unspecified atom stereocenters. The number of hydrogen-bond donors (Lipinski definition) is 1. The number of carbonyl (C=O) groups is 1. The molecule has 2 N–H and O–H groups in total. The van der Waals surface area contributed by atoms with Gasteiger partial charge in [-0.15, -0.1) is 0 Å². The molecule has 0 radical (unpaired) electrons. The largest absolute Gasteiger partial charge is 0.366 e. The van der Waals surface area contributed by atoms with E-state index in [0.29, 0.717) is 11.1 Å². The van der Waals surface area contributed by atoms with Gasteiger partial charge in [0.2, 0.25) is 0 Å². The van der Waals surface area contributed by atoms with Crippen molar-refractivity contribution >= 4 is 23.5 Å². The van der Waals surface area contributed by atoms with E-state index in [1.807, 2.05) is 24.8 Å². The lowest BCUT2D eigenvalue weighted by Crippen LogP contribution is -2.33. The summed E-state index contributed by atoms with van der Waals surface area (Å²) in [5.41, 5.74) is 8.12. The van der Waals surface area contributed by atoms with Crippen LogP contribution < -0.4 is 10.6 Å². The van der Waals surface area contributed by atoms with Crippen LogP contribution in [-0.2, 0) is 0 Å². The molecule has 2 aromatic rings. The first-order valence-electron chi connectivity index (χ1n) is 7.45. The molecule has 0 spiro atoms. The van der Waals surface area contributed by atoms with Gasteiger partial charge in [0.15, 0.2) is 0 Å². The molecule has 2 heterocycles. The van der Waals surface area contributed by atoms with E-state index in [4.69, 9.17) is 5.73 Å². The van der Waals surface area contributed by atoms with E-state index in [9.17, 15) is 9.18 Å². The Bertz CT molecular complexity index is 745. The molecule has 3 rings (SSSR count). The minimum absolute atomic E-state index is 0.297. The third-order valence-corrected chi connectivity index (χ3v) is 4.91. The Morgan fingerprint density at radius 1 is 1.26 bits per heavy atom. The van der Waals surface area contributed by atoms with E-state index in [1.54, 1.807) is 6.07 Å². The Morgan fingerprint density at radius 2 is 2.00 bits per heavy atom. The van der Waals surface area contributed by atoms with Gasteiger partial charge < -0.3 is 10.6 Å². The average Bonchev–Trinajstić information content (AvgIpc) is 2.55. The quantitative estimate of drug-likeness (QED) is 0.939. The lowest BCUT2D eigenvalue weighted by molar-refractivity contribution is 0.100. The van der Waals surface area contributed by atoms with Crippen molar-refractivity contribution in [3.63, 3.8) is 0 Å². The Kier molecular flexibility index (Phi) is 4.52. The molecular formula is C17H18FN3OS. The predicted octanol–water partition coefficient (Wildman–Crippen LogP) is 2.85. The molecule has 1 saturated heterocycles. The molecule has 4 nitrogen and oxygen atoms in total. The molecule has 1 aliphatic heterocycles. The number of thioether (sulfide) groups is 1. The summed E-state index contributed by atoms with van der Waals surface area (Å²) >= 11 is 1.92. The highest BCUT2D eigenvalue weighted by Crippen LogP contribution is 2.30. The molecule has 1 aliphatic rings. The van der Waals surface area contributed by atoms with Crippen LogP contribution in [0.25, 0.3) is 11.1 Å². The van der Waals surface area contributed by atoms with Crippen LogP contribution in [0.4, 0.5) is 10.2 Å². The number of anilines is 1. The van der Waals surface area contributed by atoms with Crippen molar-refractivity contribution in [3.8, 4) is 11.1 Å². The van der Waals surface area contributed by atoms with Gasteiger partial charge in [-0.1, -0.05) is 6.07 Å². The van der Waals surface area contributed by atoms with Gasteiger partial charge in [0.25, 0.3) is 5.91 Å². The molecule has 1 amide bonds. The first kappa shape index (κ1) is 15.8. The van der Waals surface area contributed by atoms with Crippen LogP contribution in [0.2, 0.25) is 0 Å². The molecule has 120 valence electrons. The minimum atomic E-state index is -0.531. The lowest BCUT2D eigenvalue weighted by atomic mass is 9.96. The van der Waals surface area contributed by atoms with Crippen LogP contribution in [0.1, 0.15) is 15.9 Å². The van der Waals surface area contributed by atoms with Crippen LogP contribution in [0.5, 0.6) is 0 Å². The first-order valence-corrected chi connectivity index (χ1v) is 8.61. The molecular weight excluding hydrogens is 313 g/mol. The number of nitrogens with two attached hydrogens (primary N) is 1. The number of pyridine rings is 1. The van der Waals surface area contributed by atoms with E-state index in [2.05, 4.69) is 9.88 Å². The highest BCUT2D eigenvalue weighted by molar-refractivity contribution is 7.99. The van der Waals surface area contributed by atoms with Crippen LogP contribution >= 0.6 is 11.8 Å². The third-order valence-electron chi connectivity index (χ3n) is 3.97. The highest BCUT2D eigenvalue weighted by atomic mass is 32.2. The number of benzene rings is 1. The number of aryl methyl sites for hydroxylation is 1. The second-order valence-electron chi connectivity index (χ2n) is 5.51. The summed E-state index contributed by atoms with van der Waals surface area (Å²) in [6.45, 7) is 3.67. The molecule has 23 heavy (non-hydrogen) atoms. The maximum absolute atomic E-state index is 13.4. The number of halogens is 1. The minimum Gasteiger partial charge on any atom is -0.366 e. The molecule has 6 heteroatoms. The monoisotopic (exact) mass is 331 g/mol. The van der Waals surface area contributed by atoms with Gasteiger partial charge in [-0.3, -0.25) is 4.79 Å². The zero-order valence-electron chi connectivity index (χ0n) is 12.9. The van der Waals surface area contributed by atoms with Crippen LogP contribution in [0.15, 0.2) is 30.5 Å². The van der Waals surface area contributed by atoms with E-state index in [-0.39, 0.29) is 5.82 Å².